The molecule has 1 aromatic rings. The standard InChI is InChI=1S/C10H15O4P.Se/c1-3-12-15(11,13-4-2)14-10-8-6-5-7-9-10;/h5-9H,3-4H2,1-2H3;. The van der Waals surface area contributed by atoms with Gasteiger partial charge in [0.2, 0.25) is 0 Å². The number of benzene rings is 1. The van der Waals surface area contributed by atoms with E-state index >= 15 is 0 Å². The van der Waals surface area contributed by atoms with Crippen LogP contribution in [-0.4, -0.2) is 30.3 Å². The number of rotatable bonds is 6. The minimum absolute atomic E-state index is 0. The van der Waals surface area contributed by atoms with Crippen LogP contribution < -0.4 is 4.52 Å². The van der Waals surface area contributed by atoms with Gasteiger partial charge in [-0.2, -0.15) is 0 Å². The molecule has 6 heteroatoms. The van der Waals surface area contributed by atoms with Gasteiger partial charge in [0.1, 0.15) is 5.75 Å². The summed E-state index contributed by atoms with van der Waals surface area (Å²) >= 11 is 0. The fourth-order valence-electron chi connectivity index (χ4n) is 1.02. The van der Waals surface area contributed by atoms with E-state index in [2.05, 4.69) is 0 Å². The van der Waals surface area contributed by atoms with Crippen LogP contribution in [0.25, 0.3) is 0 Å². The zero-order valence-corrected chi connectivity index (χ0v) is 11.9. The smallest absolute Gasteiger partial charge is 0.404 e. The van der Waals surface area contributed by atoms with E-state index in [4.69, 9.17) is 13.6 Å². The maximum absolute atomic E-state index is 11.9. The molecule has 0 amide bonds. The zero-order valence-electron chi connectivity index (χ0n) is 9.29. The van der Waals surface area contributed by atoms with Crippen LogP contribution in [0.4, 0.5) is 0 Å². The van der Waals surface area contributed by atoms with E-state index < -0.39 is 7.82 Å². The summed E-state index contributed by atoms with van der Waals surface area (Å²) < 4.78 is 27.1. The Morgan fingerprint density at radius 2 is 1.56 bits per heavy atom. The monoisotopic (exact) mass is 310 g/mol. The van der Waals surface area contributed by atoms with E-state index in [1.807, 2.05) is 6.07 Å². The first-order valence-corrected chi connectivity index (χ1v) is 6.30. The molecule has 0 fully saturated rings. The van der Waals surface area contributed by atoms with Gasteiger partial charge in [0, 0.05) is 17.1 Å². The third-order valence-corrected chi connectivity index (χ3v) is 3.12. The minimum Gasteiger partial charge on any atom is -0.404 e. The van der Waals surface area contributed by atoms with Gasteiger partial charge in [-0.05, 0) is 26.0 Å². The number of phosphoric acid groups is 1. The van der Waals surface area contributed by atoms with Crippen LogP contribution in [0.3, 0.4) is 0 Å². The molecule has 1 aromatic carbocycles. The molecule has 4 nitrogen and oxygen atoms in total. The van der Waals surface area contributed by atoms with E-state index in [-0.39, 0.29) is 30.3 Å². The van der Waals surface area contributed by atoms with E-state index in [0.29, 0.717) is 5.75 Å². The second-order valence-electron chi connectivity index (χ2n) is 2.69. The van der Waals surface area contributed by atoms with Crippen molar-refractivity contribution >= 4 is 24.9 Å². The van der Waals surface area contributed by atoms with Crippen molar-refractivity contribution < 1.29 is 18.1 Å². The largest absolute Gasteiger partial charge is 0.530 e. The van der Waals surface area contributed by atoms with Crippen LogP contribution in [0, 0.1) is 0 Å². The molecule has 0 spiro atoms. The fourth-order valence-corrected chi connectivity index (χ4v) is 2.21. The Kier molecular flexibility index (Phi) is 7.73. The maximum atomic E-state index is 11.9. The Bertz CT molecular complexity index is 321. The van der Waals surface area contributed by atoms with Crippen LogP contribution >= 0.6 is 7.82 Å². The molecule has 0 saturated heterocycles. The van der Waals surface area contributed by atoms with Gasteiger partial charge in [-0.25, -0.2) is 4.57 Å². The van der Waals surface area contributed by atoms with Crippen LogP contribution in [0.5, 0.6) is 5.75 Å². The van der Waals surface area contributed by atoms with Gasteiger partial charge in [-0.3, -0.25) is 9.05 Å². The molecule has 1 rings (SSSR count). The number of hydrogen-bond donors (Lipinski definition) is 0. The molecule has 0 N–H and O–H groups in total. The minimum atomic E-state index is -3.44. The first-order chi connectivity index (χ1) is 7.20. The Balaban J connectivity index is 0.00000225. The molecule has 0 atom stereocenters. The molecule has 0 aliphatic rings. The van der Waals surface area contributed by atoms with Gasteiger partial charge in [0.05, 0.1) is 13.2 Å². The van der Waals surface area contributed by atoms with Gasteiger partial charge in [-0.1, -0.05) is 18.2 Å². The van der Waals surface area contributed by atoms with Gasteiger partial charge in [0.15, 0.2) is 0 Å². The molecular formula is C10H15O4PSe. The Morgan fingerprint density at radius 1 is 1.06 bits per heavy atom. The van der Waals surface area contributed by atoms with Crippen LogP contribution in [0.15, 0.2) is 30.3 Å². The number of hydrogen-bond acceptors (Lipinski definition) is 4. The predicted molar refractivity (Wildman–Crippen MR) is 63.7 cm³/mol. The van der Waals surface area contributed by atoms with Crippen molar-refractivity contribution in [3.05, 3.63) is 30.3 Å². The van der Waals surface area contributed by atoms with E-state index in [9.17, 15) is 4.57 Å². The van der Waals surface area contributed by atoms with Crippen molar-refractivity contribution in [1.82, 2.24) is 0 Å². The van der Waals surface area contributed by atoms with Gasteiger partial charge < -0.3 is 4.52 Å². The van der Waals surface area contributed by atoms with Crippen molar-refractivity contribution in [2.45, 2.75) is 13.8 Å². The van der Waals surface area contributed by atoms with Gasteiger partial charge in [0.25, 0.3) is 0 Å². The van der Waals surface area contributed by atoms with E-state index in [0.717, 1.165) is 0 Å². The third kappa shape index (κ3) is 5.15. The summed E-state index contributed by atoms with van der Waals surface area (Å²) in [4.78, 5) is 0. The number of phosphoric ester groups is 1. The second-order valence-corrected chi connectivity index (χ2v) is 4.28. The summed E-state index contributed by atoms with van der Waals surface area (Å²) in [5.74, 6) is 0.475. The van der Waals surface area contributed by atoms with Crippen molar-refractivity contribution in [2.24, 2.45) is 0 Å². The van der Waals surface area contributed by atoms with E-state index in [1.54, 1.807) is 38.1 Å². The second kappa shape index (κ2) is 7.88. The summed E-state index contributed by atoms with van der Waals surface area (Å²) in [7, 11) is -3.44. The maximum Gasteiger partial charge on any atom is 0.530 e. The SMILES string of the molecule is CCOP(=O)(OCC)Oc1ccccc1.[Se]. The molecule has 0 heterocycles. The molecular weight excluding hydrogens is 294 g/mol. The average Bonchev–Trinajstić information content (AvgIpc) is 2.19. The molecule has 90 valence electrons. The van der Waals surface area contributed by atoms with E-state index in [1.165, 1.54) is 0 Å². The van der Waals surface area contributed by atoms with Crippen LogP contribution in [0.1, 0.15) is 13.8 Å². The van der Waals surface area contributed by atoms with Crippen molar-refractivity contribution in [3.63, 3.8) is 0 Å². The summed E-state index contributed by atoms with van der Waals surface area (Å²) in [5.41, 5.74) is 0. The first kappa shape index (κ1) is 15.7. The van der Waals surface area contributed by atoms with Crippen LogP contribution in [0.2, 0.25) is 0 Å². The molecule has 16 heavy (non-hydrogen) atoms. The molecule has 0 aliphatic heterocycles. The van der Waals surface area contributed by atoms with Crippen LogP contribution in [-0.2, 0) is 13.6 Å². The molecule has 0 aromatic heterocycles. The molecule has 2 radical (unpaired) electrons. The zero-order chi connectivity index (χ0) is 11.1. The third-order valence-electron chi connectivity index (χ3n) is 1.53. The molecule has 0 saturated carbocycles. The predicted octanol–water partition coefficient (Wildman–Crippen LogP) is 2.87. The Hall–Kier alpha value is -0.311. The number of para-hydroxylation sites is 1. The van der Waals surface area contributed by atoms with Crippen molar-refractivity contribution in [1.29, 1.82) is 0 Å². The molecule has 0 aliphatic carbocycles. The van der Waals surface area contributed by atoms with Crippen molar-refractivity contribution in [3.8, 4) is 5.75 Å². The molecule has 0 unspecified atom stereocenters. The average molecular weight is 309 g/mol. The summed E-state index contributed by atoms with van der Waals surface area (Å²) in [6.07, 6.45) is 0. The Labute approximate surface area is 106 Å². The fraction of sp³-hybridized carbons (Fsp3) is 0.400. The summed E-state index contributed by atoms with van der Waals surface area (Å²) in [5, 5.41) is 0. The topological polar surface area (TPSA) is 44.8 Å². The molecule has 0 bridgehead atoms. The quantitative estimate of drug-likeness (QED) is 0.599. The Morgan fingerprint density at radius 3 is 2.00 bits per heavy atom. The summed E-state index contributed by atoms with van der Waals surface area (Å²) in [6.45, 7) is 4.04. The van der Waals surface area contributed by atoms with Crippen molar-refractivity contribution in [2.75, 3.05) is 13.2 Å². The summed E-state index contributed by atoms with van der Waals surface area (Å²) in [6, 6.07) is 8.82. The van der Waals surface area contributed by atoms with Gasteiger partial charge in [-0.15, -0.1) is 0 Å². The van der Waals surface area contributed by atoms with Gasteiger partial charge >= 0.3 is 7.82 Å². The first-order valence-electron chi connectivity index (χ1n) is 4.84. The normalized spacial score (nSPS) is 10.6.